The van der Waals surface area contributed by atoms with Crippen LogP contribution in [0.4, 0.5) is 5.69 Å². The van der Waals surface area contributed by atoms with E-state index in [1.54, 1.807) is 0 Å². The van der Waals surface area contributed by atoms with Gasteiger partial charge in [-0.2, -0.15) is 0 Å². The van der Waals surface area contributed by atoms with Crippen LogP contribution in [0.3, 0.4) is 0 Å². The Morgan fingerprint density at radius 1 is 1.21 bits per heavy atom. The molecule has 1 aliphatic heterocycles. The fourth-order valence-corrected chi connectivity index (χ4v) is 2.87. The second kappa shape index (κ2) is 6.40. The zero-order valence-electron chi connectivity index (χ0n) is 12.5. The van der Waals surface area contributed by atoms with E-state index in [0.29, 0.717) is 6.04 Å². The normalized spacial score (nSPS) is 22.5. The molecule has 3 nitrogen and oxygen atoms in total. The van der Waals surface area contributed by atoms with Crippen molar-refractivity contribution in [3.05, 3.63) is 29.8 Å². The van der Waals surface area contributed by atoms with Crippen LogP contribution in [-0.4, -0.2) is 37.1 Å². The molecule has 1 aliphatic rings. The Balaban J connectivity index is 2.03. The van der Waals surface area contributed by atoms with Crippen molar-refractivity contribution < 1.29 is 0 Å². The van der Waals surface area contributed by atoms with Crippen molar-refractivity contribution in [1.29, 1.82) is 0 Å². The van der Waals surface area contributed by atoms with Gasteiger partial charge in [0, 0.05) is 37.4 Å². The molecule has 0 radical (unpaired) electrons. The summed E-state index contributed by atoms with van der Waals surface area (Å²) < 4.78 is 0. The van der Waals surface area contributed by atoms with E-state index < -0.39 is 0 Å². The van der Waals surface area contributed by atoms with Gasteiger partial charge in [0.05, 0.1) is 0 Å². The molecule has 1 unspecified atom stereocenters. The van der Waals surface area contributed by atoms with E-state index in [-0.39, 0.29) is 6.04 Å². The molecule has 0 spiro atoms. The predicted octanol–water partition coefficient (Wildman–Crippen LogP) is 2.63. The van der Waals surface area contributed by atoms with E-state index in [0.717, 1.165) is 32.6 Å². The van der Waals surface area contributed by atoms with E-state index in [2.05, 4.69) is 54.8 Å². The summed E-state index contributed by atoms with van der Waals surface area (Å²) in [4.78, 5) is 5.02. The molecule has 0 aliphatic carbocycles. The highest BCUT2D eigenvalue weighted by Crippen LogP contribution is 2.22. The van der Waals surface area contributed by atoms with Gasteiger partial charge >= 0.3 is 0 Å². The molecule has 3 heteroatoms. The number of nitrogens with two attached hydrogens (primary N) is 1. The van der Waals surface area contributed by atoms with Crippen LogP contribution >= 0.6 is 0 Å². The number of piperazine rings is 1. The molecule has 1 fully saturated rings. The monoisotopic (exact) mass is 261 g/mol. The molecule has 106 valence electrons. The van der Waals surface area contributed by atoms with Crippen LogP contribution in [0.2, 0.25) is 0 Å². The van der Waals surface area contributed by atoms with Gasteiger partial charge < -0.3 is 10.6 Å². The van der Waals surface area contributed by atoms with E-state index in [1.807, 2.05) is 0 Å². The first-order valence-corrected chi connectivity index (χ1v) is 7.50. The highest BCUT2D eigenvalue weighted by Gasteiger charge is 2.22. The number of likely N-dealkylation sites (N-methyl/N-ethyl adjacent to an activating group) is 1. The first-order valence-electron chi connectivity index (χ1n) is 7.50. The van der Waals surface area contributed by atoms with Crippen LogP contribution in [0.1, 0.15) is 38.8 Å². The highest BCUT2D eigenvalue weighted by atomic mass is 15.3. The number of benzene rings is 1. The number of hydrogen-bond donors (Lipinski definition) is 1. The zero-order valence-corrected chi connectivity index (χ0v) is 12.5. The minimum atomic E-state index is 0.171. The molecular formula is C16H27N3. The highest BCUT2D eigenvalue weighted by molar-refractivity contribution is 5.48. The summed E-state index contributed by atoms with van der Waals surface area (Å²) in [5.74, 6) is 0. The summed E-state index contributed by atoms with van der Waals surface area (Å²) in [6.07, 6.45) is 0.992. The third-order valence-corrected chi connectivity index (χ3v) is 4.30. The van der Waals surface area contributed by atoms with Crippen LogP contribution in [0.5, 0.6) is 0 Å². The second-order valence-electron chi connectivity index (χ2n) is 5.53. The molecule has 1 aromatic carbocycles. The molecular weight excluding hydrogens is 234 g/mol. The van der Waals surface area contributed by atoms with Crippen LogP contribution in [0.15, 0.2) is 24.3 Å². The first-order chi connectivity index (χ1) is 9.15. The summed E-state index contributed by atoms with van der Waals surface area (Å²) in [5, 5.41) is 0. The van der Waals surface area contributed by atoms with Gasteiger partial charge in [0.1, 0.15) is 0 Å². The van der Waals surface area contributed by atoms with Crippen molar-refractivity contribution in [3.8, 4) is 0 Å². The Kier molecular flexibility index (Phi) is 4.83. The van der Waals surface area contributed by atoms with Gasteiger partial charge in [-0.05, 0) is 37.6 Å². The van der Waals surface area contributed by atoms with Crippen LogP contribution in [-0.2, 0) is 0 Å². The average Bonchev–Trinajstić information content (AvgIpc) is 2.46. The number of hydrogen-bond acceptors (Lipinski definition) is 3. The van der Waals surface area contributed by atoms with Crippen molar-refractivity contribution in [1.82, 2.24) is 4.90 Å². The van der Waals surface area contributed by atoms with Gasteiger partial charge in [0.2, 0.25) is 0 Å². The van der Waals surface area contributed by atoms with Gasteiger partial charge in [0.25, 0.3) is 0 Å². The third-order valence-electron chi connectivity index (χ3n) is 4.30. The van der Waals surface area contributed by atoms with Crippen LogP contribution in [0, 0.1) is 0 Å². The lowest BCUT2D eigenvalue weighted by Gasteiger charge is -2.40. The van der Waals surface area contributed by atoms with E-state index in [4.69, 9.17) is 5.73 Å². The minimum Gasteiger partial charge on any atom is -0.369 e. The third kappa shape index (κ3) is 3.28. The smallest absolute Gasteiger partial charge is 0.0367 e. The van der Waals surface area contributed by atoms with Crippen LogP contribution < -0.4 is 10.6 Å². The summed E-state index contributed by atoms with van der Waals surface area (Å²) in [6.45, 7) is 11.2. The van der Waals surface area contributed by atoms with Gasteiger partial charge in [-0.25, -0.2) is 0 Å². The minimum absolute atomic E-state index is 0.171. The van der Waals surface area contributed by atoms with E-state index in [1.165, 1.54) is 11.3 Å². The van der Waals surface area contributed by atoms with Gasteiger partial charge in [-0.15, -0.1) is 0 Å². The first kappa shape index (κ1) is 14.4. The number of anilines is 1. The molecule has 0 amide bonds. The maximum absolute atomic E-state index is 6.06. The lowest BCUT2D eigenvalue weighted by atomic mass is 10.0. The van der Waals surface area contributed by atoms with Gasteiger partial charge in [-0.1, -0.05) is 26.0 Å². The molecule has 1 aromatic rings. The largest absolute Gasteiger partial charge is 0.369 e. The lowest BCUT2D eigenvalue weighted by molar-refractivity contribution is 0.199. The Labute approximate surface area is 117 Å². The van der Waals surface area contributed by atoms with Crippen LogP contribution in [0.25, 0.3) is 0 Å². The van der Waals surface area contributed by atoms with Crippen molar-refractivity contribution in [3.63, 3.8) is 0 Å². The molecule has 1 saturated heterocycles. The van der Waals surface area contributed by atoms with Gasteiger partial charge in [-0.3, -0.25) is 4.90 Å². The zero-order chi connectivity index (χ0) is 13.8. The molecule has 19 heavy (non-hydrogen) atoms. The summed E-state index contributed by atoms with van der Waals surface area (Å²) in [5.41, 5.74) is 8.63. The Morgan fingerprint density at radius 3 is 2.42 bits per heavy atom. The maximum Gasteiger partial charge on any atom is 0.0367 e. The predicted molar refractivity (Wildman–Crippen MR) is 82.6 cm³/mol. The summed E-state index contributed by atoms with van der Waals surface area (Å²) in [7, 11) is 0. The van der Waals surface area contributed by atoms with Gasteiger partial charge in [0.15, 0.2) is 0 Å². The number of rotatable bonds is 4. The standard InChI is InChI=1S/C16H27N3/c1-4-16(17)14-6-8-15(9-7-14)19-11-10-18(5-2)13(3)12-19/h6-9,13,16H,4-5,10-12,17H2,1-3H3/t13?,16-/m0/s1. The summed E-state index contributed by atoms with van der Waals surface area (Å²) in [6, 6.07) is 9.61. The lowest BCUT2D eigenvalue weighted by Crippen LogP contribution is -2.51. The Bertz CT molecular complexity index is 387. The summed E-state index contributed by atoms with van der Waals surface area (Å²) >= 11 is 0. The van der Waals surface area contributed by atoms with E-state index >= 15 is 0 Å². The van der Waals surface area contributed by atoms with E-state index in [9.17, 15) is 0 Å². The molecule has 2 N–H and O–H groups in total. The van der Waals surface area contributed by atoms with Crippen molar-refractivity contribution in [2.45, 2.75) is 39.3 Å². The quantitative estimate of drug-likeness (QED) is 0.904. The van der Waals surface area contributed by atoms with Crippen molar-refractivity contribution in [2.75, 3.05) is 31.1 Å². The second-order valence-corrected chi connectivity index (χ2v) is 5.53. The molecule has 2 atom stereocenters. The van der Waals surface area contributed by atoms with Crippen molar-refractivity contribution >= 4 is 5.69 Å². The maximum atomic E-state index is 6.06. The Hall–Kier alpha value is -1.06. The Morgan fingerprint density at radius 2 is 1.89 bits per heavy atom. The molecule has 1 heterocycles. The fourth-order valence-electron chi connectivity index (χ4n) is 2.87. The van der Waals surface area contributed by atoms with Crippen molar-refractivity contribution in [2.24, 2.45) is 5.73 Å². The topological polar surface area (TPSA) is 32.5 Å². The average molecular weight is 261 g/mol. The molecule has 2 rings (SSSR count). The molecule has 0 saturated carbocycles. The molecule has 0 aromatic heterocycles. The SMILES string of the molecule is CC[C@H](N)c1ccc(N2CCN(CC)C(C)C2)cc1. The number of nitrogens with zero attached hydrogens (tertiary/aromatic N) is 2. The molecule has 0 bridgehead atoms. The fraction of sp³-hybridized carbons (Fsp3) is 0.625.